The van der Waals surface area contributed by atoms with Gasteiger partial charge < -0.3 is 5.73 Å². The van der Waals surface area contributed by atoms with Crippen LogP contribution in [0.15, 0.2) is 54.6 Å². The van der Waals surface area contributed by atoms with Crippen molar-refractivity contribution in [1.82, 2.24) is 9.78 Å². The van der Waals surface area contributed by atoms with Gasteiger partial charge in [-0.25, -0.2) is 0 Å². The summed E-state index contributed by atoms with van der Waals surface area (Å²) in [6, 6.07) is 13.9. The normalized spacial score (nSPS) is 11.5. The summed E-state index contributed by atoms with van der Waals surface area (Å²) in [6.45, 7) is 0. The molecule has 0 spiro atoms. The topological polar surface area (TPSA) is 60.9 Å². The van der Waals surface area contributed by atoms with Gasteiger partial charge in [-0.2, -0.15) is 18.3 Å². The Morgan fingerprint density at radius 1 is 1.04 bits per heavy atom. The highest BCUT2D eigenvalue weighted by Gasteiger charge is 2.37. The predicted molar refractivity (Wildman–Crippen MR) is 87.6 cm³/mol. The first-order valence-corrected chi connectivity index (χ1v) is 7.39. The second kappa shape index (κ2) is 6.08. The van der Waals surface area contributed by atoms with Crippen molar-refractivity contribution in [2.75, 3.05) is 0 Å². The Morgan fingerprint density at radius 2 is 1.68 bits per heavy atom. The van der Waals surface area contributed by atoms with Crippen LogP contribution in [-0.2, 0) is 13.2 Å². The van der Waals surface area contributed by atoms with E-state index in [1.54, 1.807) is 36.4 Å². The maximum Gasteiger partial charge on any atom is 0.417 e. The molecule has 0 aliphatic heterocycles. The molecular weight excluding hydrogens is 331 g/mol. The molecule has 128 valence electrons. The van der Waals surface area contributed by atoms with Gasteiger partial charge in [0, 0.05) is 12.6 Å². The molecule has 25 heavy (non-hydrogen) atoms. The SMILES string of the molecule is Cn1nc(C(N)=O)cc1-c1cccc(-c2ccccc2)c1C(F)(F)F. The van der Waals surface area contributed by atoms with Crippen LogP contribution in [-0.4, -0.2) is 15.7 Å². The maximum atomic E-state index is 13.9. The highest BCUT2D eigenvalue weighted by molar-refractivity contribution is 5.92. The summed E-state index contributed by atoms with van der Waals surface area (Å²) >= 11 is 0. The van der Waals surface area contributed by atoms with Crippen molar-refractivity contribution < 1.29 is 18.0 Å². The molecule has 7 heteroatoms. The van der Waals surface area contributed by atoms with Gasteiger partial charge in [-0.1, -0.05) is 48.5 Å². The van der Waals surface area contributed by atoms with Crippen molar-refractivity contribution in [2.45, 2.75) is 6.18 Å². The molecule has 0 saturated carbocycles. The van der Waals surface area contributed by atoms with Crippen LogP contribution in [0.25, 0.3) is 22.4 Å². The number of alkyl halides is 3. The third-order valence-electron chi connectivity index (χ3n) is 3.84. The molecule has 1 heterocycles. The number of hydrogen-bond acceptors (Lipinski definition) is 2. The number of amides is 1. The van der Waals surface area contributed by atoms with Crippen molar-refractivity contribution in [3.63, 3.8) is 0 Å². The van der Waals surface area contributed by atoms with Crippen molar-refractivity contribution >= 4 is 5.91 Å². The lowest BCUT2D eigenvalue weighted by atomic mass is 9.93. The first-order chi connectivity index (χ1) is 11.8. The van der Waals surface area contributed by atoms with Crippen LogP contribution in [0.3, 0.4) is 0 Å². The fourth-order valence-corrected chi connectivity index (χ4v) is 2.77. The zero-order valence-corrected chi connectivity index (χ0v) is 13.2. The minimum Gasteiger partial charge on any atom is -0.364 e. The fraction of sp³-hybridized carbons (Fsp3) is 0.111. The van der Waals surface area contributed by atoms with Crippen LogP contribution in [0.1, 0.15) is 16.1 Å². The lowest BCUT2D eigenvalue weighted by Gasteiger charge is -2.17. The molecule has 0 unspecified atom stereocenters. The monoisotopic (exact) mass is 345 g/mol. The van der Waals surface area contributed by atoms with E-state index in [9.17, 15) is 18.0 Å². The number of aromatic nitrogens is 2. The van der Waals surface area contributed by atoms with E-state index in [-0.39, 0.29) is 22.5 Å². The first-order valence-electron chi connectivity index (χ1n) is 7.39. The van der Waals surface area contributed by atoms with Crippen LogP contribution in [0.5, 0.6) is 0 Å². The fourth-order valence-electron chi connectivity index (χ4n) is 2.77. The number of carbonyl (C=O) groups is 1. The Labute approximate surface area is 141 Å². The van der Waals surface area contributed by atoms with Gasteiger partial charge in [0.1, 0.15) is 0 Å². The molecule has 3 rings (SSSR count). The molecule has 0 fully saturated rings. The van der Waals surface area contributed by atoms with E-state index in [1.807, 2.05) is 0 Å². The number of carbonyl (C=O) groups excluding carboxylic acids is 1. The zero-order valence-electron chi connectivity index (χ0n) is 13.2. The summed E-state index contributed by atoms with van der Waals surface area (Å²) in [5, 5.41) is 3.89. The van der Waals surface area contributed by atoms with Gasteiger partial charge in [-0.3, -0.25) is 9.48 Å². The van der Waals surface area contributed by atoms with Crippen LogP contribution in [0, 0.1) is 0 Å². The largest absolute Gasteiger partial charge is 0.417 e. The highest BCUT2D eigenvalue weighted by Crippen LogP contribution is 2.43. The molecule has 1 amide bonds. The number of benzene rings is 2. The van der Waals surface area contributed by atoms with Crippen molar-refractivity contribution in [3.8, 4) is 22.4 Å². The van der Waals surface area contributed by atoms with Crippen LogP contribution in [0.2, 0.25) is 0 Å². The standard InChI is InChI=1S/C18H14F3N3O/c1-24-15(10-14(23-24)17(22)25)13-9-5-8-12(16(13)18(19,20)21)11-6-3-2-4-7-11/h2-10H,1H3,(H2,22,25). The van der Waals surface area contributed by atoms with Crippen molar-refractivity contribution in [3.05, 3.63) is 65.9 Å². The van der Waals surface area contributed by atoms with E-state index >= 15 is 0 Å². The van der Waals surface area contributed by atoms with E-state index < -0.39 is 17.6 Å². The average Bonchev–Trinajstić information content (AvgIpc) is 2.96. The number of nitrogens with zero attached hydrogens (tertiary/aromatic N) is 2. The predicted octanol–water partition coefficient (Wildman–Crippen LogP) is 3.87. The van der Waals surface area contributed by atoms with Gasteiger partial charge in [0.05, 0.1) is 11.3 Å². The number of primary amides is 1. The molecular formula is C18H14F3N3O. The lowest BCUT2D eigenvalue weighted by Crippen LogP contribution is -2.11. The Bertz CT molecular complexity index is 930. The maximum absolute atomic E-state index is 13.9. The molecule has 0 aliphatic carbocycles. The minimum atomic E-state index is -4.58. The van der Waals surface area contributed by atoms with Crippen LogP contribution < -0.4 is 5.73 Å². The minimum absolute atomic E-state index is 0.0589. The zero-order chi connectivity index (χ0) is 18.2. The summed E-state index contributed by atoms with van der Waals surface area (Å²) in [5.74, 6) is -0.797. The first kappa shape index (κ1) is 16.8. The molecule has 0 aliphatic rings. The number of aryl methyl sites for hydroxylation is 1. The molecule has 0 radical (unpaired) electrons. The van der Waals surface area contributed by atoms with Gasteiger partial charge in [-0.05, 0) is 17.2 Å². The van der Waals surface area contributed by atoms with Crippen LogP contribution >= 0.6 is 0 Å². The van der Waals surface area contributed by atoms with Gasteiger partial charge in [0.15, 0.2) is 5.69 Å². The molecule has 0 atom stereocenters. The van der Waals surface area contributed by atoms with E-state index in [0.717, 1.165) is 0 Å². The molecule has 3 aromatic rings. The second-order valence-electron chi connectivity index (χ2n) is 5.49. The molecule has 4 nitrogen and oxygen atoms in total. The quantitative estimate of drug-likeness (QED) is 0.783. The summed E-state index contributed by atoms with van der Waals surface area (Å²) in [7, 11) is 1.47. The van der Waals surface area contributed by atoms with E-state index in [2.05, 4.69) is 5.10 Å². The third-order valence-corrected chi connectivity index (χ3v) is 3.84. The van der Waals surface area contributed by atoms with Crippen LogP contribution in [0.4, 0.5) is 13.2 Å². The summed E-state index contributed by atoms with van der Waals surface area (Å²) in [4.78, 5) is 11.3. The third kappa shape index (κ3) is 3.13. The summed E-state index contributed by atoms with van der Waals surface area (Å²) < 4.78 is 42.8. The van der Waals surface area contributed by atoms with Gasteiger partial charge in [0.2, 0.25) is 0 Å². The van der Waals surface area contributed by atoms with Crippen molar-refractivity contribution in [2.24, 2.45) is 12.8 Å². The van der Waals surface area contributed by atoms with Crippen molar-refractivity contribution in [1.29, 1.82) is 0 Å². The number of rotatable bonds is 3. The van der Waals surface area contributed by atoms with E-state index in [0.29, 0.717) is 5.56 Å². The average molecular weight is 345 g/mol. The van der Waals surface area contributed by atoms with E-state index in [4.69, 9.17) is 5.73 Å². The molecule has 2 aromatic carbocycles. The lowest BCUT2D eigenvalue weighted by molar-refractivity contribution is -0.136. The molecule has 1 aromatic heterocycles. The Morgan fingerprint density at radius 3 is 2.24 bits per heavy atom. The second-order valence-corrected chi connectivity index (χ2v) is 5.49. The number of hydrogen-bond donors (Lipinski definition) is 1. The molecule has 2 N–H and O–H groups in total. The smallest absolute Gasteiger partial charge is 0.364 e. The Kier molecular flexibility index (Phi) is 4.08. The molecule has 0 saturated heterocycles. The summed E-state index contributed by atoms with van der Waals surface area (Å²) in [5.41, 5.74) is 4.94. The van der Waals surface area contributed by atoms with Gasteiger partial charge in [-0.15, -0.1) is 0 Å². The Hall–Kier alpha value is -3.09. The van der Waals surface area contributed by atoms with Gasteiger partial charge in [0.25, 0.3) is 5.91 Å². The van der Waals surface area contributed by atoms with E-state index in [1.165, 1.54) is 29.9 Å². The van der Waals surface area contributed by atoms with Gasteiger partial charge >= 0.3 is 6.18 Å². The highest BCUT2D eigenvalue weighted by atomic mass is 19.4. The number of halogens is 3. The Balaban J connectivity index is 2.30. The summed E-state index contributed by atoms with van der Waals surface area (Å²) in [6.07, 6.45) is -4.58. The molecule has 0 bridgehead atoms. The number of nitrogens with two attached hydrogens (primary N) is 1.